The van der Waals surface area contributed by atoms with Gasteiger partial charge < -0.3 is 9.52 Å². The minimum Gasteiger partial charge on any atom is -0.408 e. The van der Waals surface area contributed by atoms with Gasteiger partial charge in [-0.1, -0.05) is 12.8 Å². The third kappa shape index (κ3) is 2.09. The molecule has 3 rings (SSSR count). The lowest BCUT2D eigenvalue weighted by molar-refractivity contribution is -0.384. The van der Waals surface area contributed by atoms with E-state index in [1.165, 1.54) is 22.8 Å². The summed E-state index contributed by atoms with van der Waals surface area (Å²) in [4.78, 5) is 22.2. The average Bonchev–Trinajstić information content (AvgIpc) is 2.95. The first-order valence-electron chi connectivity index (χ1n) is 6.49. The third-order valence-corrected chi connectivity index (χ3v) is 3.85. The molecule has 1 N–H and O–H groups in total. The Kier molecular flexibility index (Phi) is 2.86. The Bertz CT molecular complexity index is 724. The topological polar surface area (TPSA) is 98.5 Å². The minimum absolute atomic E-state index is 0.106. The highest BCUT2D eigenvalue weighted by atomic mass is 16.6. The van der Waals surface area contributed by atoms with Gasteiger partial charge >= 0.3 is 5.76 Å². The number of nitrogens with zero attached hydrogens (tertiary/aromatic N) is 2. The molecular formula is C13H14N2O5. The molecule has 1 saturated carbocycles. The van der Waals surface area contributed by atoms with Crippen molar-refractivity contribution >= 4 is 16.8 Å². The van der Waals surface area contributed by atoms with Crippen molar-refractivity contribution in [3.63, 3.8) is 0 Å². The van der Waals surface area contributed by atoms with Gasteiger partial charge in [-0.15, -0.1) is 0 Å². The SMILES string of the molecule is O=c1oc2ccc([N+](=O)[O-])cc2n1CC1(O)CCCC1. The van der Waals surface area contributed by atoms with Crippen molar-refractivity contribution in [3.8, 4) is 0 Å². The smallest absolute Gasteiger partial charge is 0.408 e. The summed E-state index contributed by atoms with van der Waals surface area (Å²) < 4.78 is 6.35. The van der Waals surface area contributed by atoms with Crippen LogP contribution >= 0.6 is 0 Å². The fraction of sp³-hybridized carbons (Fsp3) is 0.462. The molecule has 7 heteroatoms. The van der Waals surface area contributed by atoms with E-state index in [0.29, 0.717) is 23.9 Å². The van der Waals surface area contributed by atoms with Gasteiger partial charge in [0.2, 0.25) is 0 Å². The molecular weight excluding hydrogens is 264 g/mol. The van der Waals surface area contributed by atoms with Gasteiger partial charge in [0.05, 0.1) is 22.6 Å². The second-order valence-electron chi connectivity index (χ2n) is 5.29. The lowest BCUT2D eigenvalue weighted by Gasteiger charge is -2.21. The number of hydrogen-bond acceptors (Lipinski definition) is 5. The summed E-state index contributed by atoms with van der Waals surface area (Å²) in [6.45, 7) is 0.111. The zero-order valence-corrected chi connectivity index (χ0v) is 10.7. The van der Waals surface area contributed by atoms with Gasteiger partial charge in [-0.2, -0.15) is 0 Å². The van der Waals surface area contributed by atoms with E-state index in [1.54, 1.807) is 0 Å². The lowest BCUT2D eigenvalue weighted by atomic mass is 10.0. The van der Waals surface area contributed by atoms with E-state index in [9.17, 15) is 20.0 Å². The molecule has 0 bridgehead atoms. The molecule has 1 aromatic carbocycles. The predicted octanol–water partition coefficient (Wildman–Crippen LogP) is 1.81. The summed E-state index contributed by atoms with van der Waals surface area (Å²) in [5, 5.41) is 21.2. The van der Waals surface area contributed by atoms with Crippen LogP contribution in [0.3, 0.4) is 0 Å². The number of fused-ring (bicyclic) bond motifs is 1. The highest BCUT2D eigenvalue weighted by molar-refractivity contribution is 5.75. The van der Waals surface area contributed by atoms with E-state index in [2.05, 4.69) is 0 Å². The van der Waals surface area contributed by atoms with E-state index in [-0.39, 0.29) is 12.2 Å². The van der Waals surface area contributed by atoms with Crippen LogP contribution in [-0.4, -0.2) is 20.2 Å². The van der Waals surface area contributed by atoms with Gasteiger partial charge in [0.15, 0.2) is 5.58 Å². The van der Waals surface area contributed by atoms with Crippen molar-refractivity contribution in [3.05, 3.63) is 38.9 Å². The molecule has 1 aliphatic rings. The lowest BCUT2D eigenvalue weighted by Crippen LogP contribution is -2.34. The molecule has 7 nitrogen and oxygen atoms in total. The maximum absolute atomic E-state index is 11.9. The van der Waals surface area contributed by atoms with Gasteiger partial charge in [-0.05, 0) is 18.9 Å². The fourth-order valence-electron chi connectivity index (χ4n) is 2.80. The van der Waals surface area contributed by atoms with Crippen LogP contribution in [-0.2, 0) is 6.54 Å². The molecule has 2 aromatic rings. The number of nitro groups is 1. The van der Waals surface area contributed by atoms with Crippen LogP contribution in [0.1, 0.15) is 25.7 Å². The van der Waals surface area contributed by atoms with Crippen molar-refractivity contribution in [2.24, 2.45) is 0 Å². The molecule has 0 spiro atoms. The minimum atomic E-state index is -0.925. The van der Waals surface area contributed by atoms with Crippen molar-refractivity contribution in [2.75, 3.05) is 0 Å². The molecule has 20 heavy (non-hydrogen) atoms. The number of aromatic nitrogens is 1. The van der Waals surface area contributed by atoms with Crippen molar-refractivity contribution in [1.29, 1.82) is 0 Å². The number of nitro benzene ring substituents is 1. The van der Waals surface area contributed by atoms with Crippen LogP contribution in [0.4, 0.5) is 5.69 Å². The van der Waals surface area contributed by atoms with Crippen LogP contribution < -0.4 is 5.76 Å². The van der Waals surface area contributed by atoms with Crippen molar-refractivity contribution in [2.45, 2.75) is 37.8 Å². The Morgan fingerprint density at radius 3 is 2.75 bits per heavy atom. The molecule has 1 fully saturated rings. The Morgan fingerprint density at radius 2 is 2.10 bits per heavy atom. The second-order valence-corrected chi connectivity index (χ2v) is 5.29. The zero-order chi connectivity index (χ0) is 14.3. The maximum atomic E-state index is 11.9. The van der Waals surface area contributed by atoms with E-state index >= 15 is 0 Å². The first-order chi connectivity index (χ1) is 9.48. The Hall–Kier alpha value is -2.15. The quantitative estimate of drug-likeness (QED) is 0.682. The summed E-state index contributed by atoms with van der Waals surface area (Å²) in [5.41, 5.74) is -0.386. The fourth-order valence-corrected chi connectivity index (χ4v) is 2.80. The van der Waals surface area contributed by atoms with Crippen LogP contribution in [0.25, 0.3) is 11.1 Å². The number of rotatable bonds is 3. The van der Waals surface area contributed by atoms with Gasteiger partial charge in [0.25, 0.3) is 5.69 Å². The first kappa shape index (κ1) is 12.9. The molecule has 1 aliphatic carbocycles. The number of benzene rings is 1. The summed E-state index contributed by atoms with van der Waals surface area (Å²) in [7, 11) is 0. The van der Waals surface area contributed by atoms with Gasteiger partial charge in [0, 0.05) is 12.1 Å². The summed E-state index contributed by atoms with van der Waals surface area (Å²) in [6, 6.07) is 4.00. The average molecular weight is 278 g/mol. The Balaban J connectivity index is 2.09. The largest absolute Gasteiger partial charge is 0.420 e. The van der Waals surface area contributed by atoms with E-state index in [1.807, 2.05) is 0 Å². The highest BCUT2D eigenvalue weighted by Crippen LogP contribution is 2.31. The van der Waals surface area contributed by atoms with Crippen LogP contribution in [0.2, 0.25) is 0 Å². The van der Waals surface area contributed by atoms with E-state index < -0.39 is 16.3 Å². The summed E-state index contributed by atoms with van der Waals surface area (Å²) in [6.07, 6.45) is 3.09. The van der Waals surface area contributed by atoms with Crippen LogP contribution in [0, 0.1) is 10.1 Å². The second kappa shape index (κ2) is 4.45. The Morgan fingerprint density at radius 1 is 1.40 bits per heavy atom. The Labute approximate surface area is 113 Å². The standard InChI is InChI=1S/C13H14N2O5/c16-12-14(8-13(17)5-1-2-6-13)10-7-9(15(18)19)3-4-11(10)20-12/h3-4,7,17H,1-2,5-6,8H2. The monoisotopic (exact) mass is 278 g/mol. The molecule has 106 valence electrons. The number of oxazole rings is 1. The van der Waals surface area contributed by atoms with E-state index in [0.717, 1.165) is 12.8 Å². The maximum Gasteiger partial charge on any atom is 0.420 e. The molecule has 0 unspecified atom stereocenters. The summed E-state index contributed by atoms with van der Waals surface area (Å²) in [5.74, 6) is -0.596. The number of non-ortho nitro benzene ring substituents is 1. The van der Waals surface area contributed by atoms with Gasteiger partial charge in [-0.25, -0.2) is 4.79 Å². The van der Waals surface area contributed by atoms with E-state index in [4.69, 9.17) is 4.42 Å². The normalized spacial score (nSPS) is 17.6. The molecule has 0 aliphatic heterocycles. The van der Waals surface area contributed by atoms with Crippen molar-refractivity contribution < 1.29 is 14.4 Å². The molecule has 0 atom stereocenters. The number of hydrogen-bond donors (Lipinski definition) is 1. The van der Waals surface area contributed by atoms with Crippen LogP contribution in [0.15, 0.2) is 27.4 Å². The predicted molar refractivity (Wildman–Crippen MR) is 70.5 cm³/mol. The van der Waals surface area contributed by atoms with Gasteiger partial charge in [-0.3, -0.25) is 14.7 Å². The molecule has 1 heterocycles. The third-order valence-electron chi connectivity index (χ3n) is 3.85. The van der Waals surface area contributed by atoms with Crippen molar-refractivity contribution in [1.82, 2.24) is 4.57 Å². The van der Waals surface area contributed by atoms with Gasteiger partial charge in [0.1, 0.15) is 0 Å². The molecule has 1 aromatic heterocycles. The first-order valence-corrected chi connectivity index (χ1v) is 6.49. The summed E-state index contributed by atoms with van der Waals surface area (Å²) >= 11 is 0. The highest BCUT2D eigenvalue weighted by Gasteiger charge is 2.33. The number of aliphatic hydroxyl groups is 1. The molecule has 0 radical (unpaired) electrons. The zero-order valence-electron chi connectivity index (χ0n) is 10.7. The molecule has 0 amide bonds. The molecule has 0 saturated heterocycles. The van der Waals surface area contributed by atoms with Crippen LogP contribution in [0.5, 0.6) is 0 Å².